The molecule has 2 aromatic rings. The van der Waals surface area contributed by atoms with Crippen LogP contribution in [0.1, 0.15) is 44.8 Å². The van der Waals surface area contributed by atoms with Crippen molar-refractivity contribution >= 4 is 16.6 Å². The smallest absolute Gasteiger partial charge is 0.0506 e. The summed E-state index contributed by atoms with van der Waals surface area (Å²) in [6, 6.07) is 9.00. The van der Waals surface area contributed by atoms with E-state index in [1.54, 1.807) is 0 Å². The molecule has 1 aliphatic rings. The topological polar surface area (TPSA) is 34.2 Å². The van der Waals surface area contributed by atoms with Crippen LogP contribution in [0.3, 0.4) is 0 Å². The van der Waals surface area contributed by atoms with Gasteiger partial charge in [-0.2, -0.15) is 0 Å². The number of nitrogens with two attached hydrogens (primary N) is 1. The van der Waals surface area contributed by atoms with E-state index in [2.05, 4.69) is 41.5 Å². The third kappa shape index (κ3) is 2.42. The normalized spacial score (nSPS) is 17.1. The number of benzene rings is 1. The fourth-order valence-corrected chi connectivity index (χ4v) is 3.41. The second-order valence-corrected chi connectivity index (χ2v) is 6.22. The Hall–Kier alpha value is -1.48. The van der Waals surface area contributed by atoms with Crippen LogP contribution in [0.25, 0.3) is 10.9 Å². The van der Waals surface area contributed by atoms with Gasteiger partial charge in [-0.05, 0) is 58.0 Å². The number of fused-ring (bicyclic) bond motifs is 1. The summed E-state index contributed by atoms with van der Waals surface area (Å²) in [5.74, 6) is 0. The average molecular weight is 271 g/mol. The van der Waals surface area contributed by atoms with Gasteiger partial charge in [-0.25, -0.2) is 0 Å². The standard InChI is InChI=1S/C17H25N3/c1-13(2)20-14(12-19-9-4-3-5-10-19)11-15-16(18)7-6-8-17(15)20/h6-8,11,13H,3-5,9-10,12,18H2,1-2H3. The summed E-state index contributed by atoms with van der Waals surface area (Å²) in [5, 5.41) is 1.20. The maximum atomic E-state index is 6.14. The molecule has 0 aliphatic carbocycles. The van der Waals surface area contributed by atoms with E-state index in [4.69, 9.17) is 5.73 Å². The lowest BCUT2D eigenvalue weighted by molar-refractivity contribution is 0.215. The molecule has 2 N–H and O–H groups in total. The van der Waals surface area contributed by atoms with Gasteiger partial charge in [-0.3, -0.25) is 4.90 Å². The minimum absolute atomic E-state index is 0.467. The van der Waals surface area contributed by atoms with Crippen LogP contribution in [0.2, 0.25) is 0 Å². The van der Waals surface area contributed by atoms with Crippen molar-refractivity contribution in [2.75, 3.05) is 18.8 Å². The molecule has 1 aliphatic heterocycles. The Bertz CT molecular complexity index is 592. The van der Waals surface area contributed by atoms with Crippen LogP contribution in [0.15, 0.2) is 24.3 Å². The van der Waals surface area contributed by atoms with Gasteiger partial charge in [0, 0.05) is 29.4 Å². The fraction of sp³-hybridized carbons (Fsp3) is 0.529. The lowest BCUT2D eigenvalue weighted by atomic mass is 10.1. The Morgan fingerprint density at radius 1 is 1.15 bits per heavy atom. The van der Waals surface area contributed by atoms with E-state index >= 15 is 0 Å². The molecule has 2 heterocycles. The first-order valence-electron chi connectivity index (χ1n) is 7.77. The summed E-state index contributed by atoms with van der Waals surface area (Å²) in [5.41, 5.74) is 9.70. The quantitative estimate of drug-likeness (QED) is 0.862. The van der Waals surface area contributed by atoms with Crippen LogP contribution < -0.4 is 5.73 Å². The van der Waals surface area contributed by atoms with E-state index in [1.165, 1.54) is 48.9 Å². The number of piperidine rings is 1. The largest absolute Gasteiger partial charge is 0.398 e. The molecule has 20 heavy (non-hydrogen) atoms. The molecule has 0 spiro atoms. The van der Waals surface area contributed by atoms with Gasteiger partial charge in [0.25, 0.3) is 0 Å². The van der Waals surface area contributed by atoms with E-state index in [9.17, 15) is 0 Å². The highest BCUT2D eigenvalue weighted by Crippen LogP contribution is 2.29. The Kier molecular flexibility index (Phi) is 3.70. The summed E-state index contributed by atoms with van der Waals surface area (Å²) in [7, 11) is 0. The molecule has 1 fully saturated rings. The molecule has 0 amide bonds. The van der Waals surface area contributed by atoms with Crippen molar-refractivity contribution in [1.82, 2.24) is 9.47 Å². The zero-order valence-electron chi connectivity index (χ0n) is 12.6. The number of hydrogen-bond donors (Lipinski definition) is 1. The summed E-state index contributed by atoms with van der Waals surface area (Å²) < 4.78 is 2.44. The van der Waals surface area contributed by atoms with E-state index in [0.29, 0.717) is 6.04 Å². The van der Waals surface area contributed by atoms with Gasteiger partial charge in [0.15, 0.2) is 0 Å². The van der Waals surface area contributed by atoms with Gasteiger partial charge in [0.2, 0.25) is 0 Å². The number of aromatic nitrogens is 1. The molecule has 0 saturated carbocycles. The lowest BCUT2D eigenvalue weighted by Crippen LogP contribution is -2.30. The molecule has 108 valence electrons. The van der Waals surface area contributed by atoms with E-state index < -0.39 is 0 Å². The fourth-order valence-electron chi connectivity index (χ4n) is 3.41. The van der Waals surface area contributed by atoms with E-state index in [-0.39, 0.29) is 0 Å². The molecular formula is C17H25N3. The maximum absolute atomic E-state index is 6.14. The average Bonchev–Trinajstić information content (AvgIpc) is 2.79. The molecule has 3 nitrogen and oxygen atoms in total. The molecule has 0 atom stereocenters. The zero-order chi connectivity index (χ0) is 14.1. The minimum atomic E-state index is 0.467. The minimum Gasteiger partial charge on any atom is -0.398 e. The molecule has 0 bridgehead atoms. The van der Waals surface area contributed by atoms with Crippen molar-refractivity contribution in [3.63, 3.8) is 0 Å². The van der Waals surface area contributed by atoms with E-state index in [0.717, 1.165) is 12.2 Å². The predicted octanol–water partition coefficient (Wildman–Crippen LogP) is 3.79. The summed E-state index contributed by atoms with van der Waals surface area (Å²) in [6.07, 6.45) is 4.06. The van der Waals surface area contributed by atoms with Gasteiger partial charge >= 0.3 is 0 Å². The number of likely N-dealkylation sites (tertiary alicyclic amines) is 1. The highest BCUT2D eigenvalue weighted by atomic mass is 15.2. The first-order valence-corrected chi connectivity index (χ1v) is 7.77. The predicted molar refractivity (Wildman–Crippen MR) is 85.9 cm³/mol. The van der Waals surface area contributed by atoms with Gasteiger partial charge in [0.1, 0.15) is 0 Å². The van der Waals surface area contributed by atoms with Crippen LogP contribution in [-0.2, 0) is 6.54 Å². The molecule has 1 aromatic carbocycles. The second kappa shape index (κ2) is 5.49. The van der Waals surface area contributed by atoms with Gasteiger partial charge in [-0.15, -0.1) is 0 Å². The van der Waals surface area contributed by atoms with Crippen LogP contribution in [0, 0.1) is 0 Å². The number of nitrogen functional groups attached to an aromatic ring is 1. The highest BCUT2D eigenvalue weighted by Gasteiger charge is 2.17. The summed E-state index contributed by atoms with van der Waals surface area (Å²) >= 11 is 0. The van der Waals surface area contributed by atoms with Crippen molar-refractivity contribution < 1.29 is 0 Å². The molecule has 1 aromatic heterocycles. The Morgan fingerprint density at radius 2 is 1.90 bits per heavy atom. The van der Waals surface area contributed by atoms with Gasteiger partial charge < -0.3 is 10.3 Å². The van der Waals surface area contributed by atoms with Crippen LogP contribution in [-0.4, -0.2) is 22.6 Å². The van der Waals surface area contributed by atoms with Crippen molar-refractivity contribution in [2.45, 2.75) is 45.7 Å². The second-order valence-electron chi connectivity index (χ2n) is 6.22. The number of rotatable bonds is 3. The number of anilines is 1. The van der Waals surface area contributed by atoms with Crippen molar-refractivity contribution in [2.24, 2.45) is 0 Å². The molecular weight excluding hydrogens is 246 g/mol. The molecule has 3 heteroatoms. The van der Waals surface area contributed by atoms with Crippen LogP contribution >= 0.6 is 0 Å². The maximum Gasteiger partial charge on any atom is 0.0506 e. The Labute approximate surface area is 121 Å². The third-order valence-electron chi connectivity index (χ3n) is 4.35. The SMILES string of the molecule is CC(C)n1c(CN2CCCCC2)cc2c(N)cccc21. The molecule has 0 radical (unpaired) electrons. The first kappa shape index (κ1) is 13.5. The summed E-state index contributed by atoms with van der Waals surface area (Å²) in [6.45, 7) is 8.02. The van der Waals surface area contributed by atoms with Crippen LogP contribution in [0.5, 0.6) is 0 Å². The van der Waals surface area contributed by atoms with Gasteiger partial charge in [0.05, 0.1) is 5.52 Å². The monoisotopic (exact) mass is 271 g/mol. The van der Waals surface area contributed by atoms with Crippen LogP contribution in [0.4, 0.5) is 5.69 Å². The summed E-state index contributed by atoms with van der Waals surface area (Å²) in [4.78, 5) is 2.58. The zero-order valence-corrected chi connectivity index (χ0v) is 12.6. The first-order chi connectivity index (χ1) is 9.66. The Balaban J connectivity index is 2.00. The van der Waals surface area contributed by atoms with Crippen molar-refractivity contribution in [1.29, 1.82) is 0 Å². The Morgan fingerprint density at radius 3 is 2.60 bits per heavy atom. The molecule has 3 rings (SSSR count). The van der Waals surface area contributed by atoms with Crippen molar-refractivity contribution in [3.8, 4) is 0 Å². The number of nitrogens with zero attached hydrogens (tertiary/aromatic N) is 2. The number of hydrogen-bond acceptors (Lipinski definition) is 2. The third-order valence-corrected chi connectivity index (χ3v) is 4.35. The molecule has 0 unspecified atom stereocenters. The molecule has 1 saturated heterocycles. The van der Waals surface area contributed by atoms with Gasteiger partial charge in [-0.1, -0.05) is 12.5 Å². The lowest BCUT2D eigenvalue weighted by Gasteiger charge is -2.27. The van der Waals surface area contributed by atoms with Crippen molar-refractivity contribution in [3.05, 3.63) is 30.0 Å². The van der Waals surface area contributed by atoms with E-state index in [1.807, 2.05) is 6.07 Å². The highest BCUT2D eigenvalue weighted by molar-refractivity contribution is 5.92.